The van der Waals surface area contributed by atoms with Crippen molar-refractivity contribution in [3.63, 3.8) is 0 Å². The molecule has 0 saturated carbocycles. The van der Waals surface area contributed by atoms with Gasteiger partial charge in [-0.25, -0.2) is 0 Å². The minimum atomic E-state index is -0.786. The van der Waals surface area contributed by atoms with Crippen LogP contribution in [0.3, 0.4) is 0 Å². The fourth-order valence-corrected chi connectivity index (χ4v) is 1.63. The molecule has 0 aliphatic heterocycles. The first-order valence-electron chi connectivity index (χ1n) is 6.60. The van der Waals surface area contributed by atoms with Crippen molar-refractivity contribution in [2.24, 2.45) is 0 Å². The van der Waals surface area contributed by atoms with Crippen LogP contribution in [0.1, 0.15) is 12.5 Å². The number of carboxylic acids is 1. The zero-order chi connectivity index (χ0) is 16.4. The van der Waals surface area contributed by atoms with E-state index in [0.717, 1.165) is 5.56 Å². The third kappa shape index (κ3) is 6.56. The van der Waals surface area contributed by atoms with E-state index in [1.54, 1.807) is 30.3 Å². The second kappa shape index (κ2) is 9.18. The number of carbonyl (C=O) groups is 2. The van der Waals surface area contributed by atoms with Crippen molar-refractivity contribution in [1.82, 2.24) is 0 Å². The van der Waals surface area contributed by atoms with E-state index in [0.29, 0.717) is 11.5 Å². The summed E-state index contributed by atoms with van der Waals surface area (Å²) in [6.07, 6.45) is 0.112. The smallest absolute Gasteiger partial charge is 0.308 e. The number of methoxy groups -OCH3 is 1. The van der Waals surface area contributed by atoms with Crippen molar-refractivity contribution < 1.29 is 24.2 Å². The fourth-order valence-electron chi connectivity index (χ4n) is 1.63. The number of ether oxygens (including phenoxy) is 2. The third-order valence-electron chi connectivity index (χ3n) is 2.52. The monoisotopic (exact) mass is 302 g/mol. The van der Waals surface area contributed by atoms with E-state index < -0.39 is 5.97 Å². The summed E-state index contributed by atoms with van der Waals surface area (Å²) in [5.41, 5.74) is 0.843. The molecule has 0 amide bonds. The number of rotatable bonds is 4. The van der Waals surface area contributed by atoms with Crippen molar-refractivity contribution >= 4 is 11.9 Å². The molecule has 0 heterocycles. The molecule has 0 aromatic heterocycles. The van der Waals surface area contributed by atoms with Gasteiger partial charge >= 0.3 is 11.9 Å². The summed E-state index contributed by atoms with van der Waals surface area (Å²) in [5, 5.41) is 8.37. The largest absolute Gasteiger partial charge is 0.493 e. The Labute approximate surface area is 129 Å². The van der Waals surface area contributed by atoms with E-state index in [1.807, 2.05) is 24.3 Å². The Morgan fingerprint density at radius 3 is 2.00 bits per heavy atom. The highest BCUT2D eigenvalue weighted by Crippen LogP contribution is 2.25. The lowest BCUT2D eigenvalue weighted by Crippen LogP contribution is -2.02. The highest BCUT2D eigenvalue weighted by atomic mass is 16.6. The molecule has 0 radical (unpaired) electrons. The molecular formula is C17H18O5. The predicted octanol–water partition coefficient (Wildman–Crippen LogP) is 2.93. The van der Waals surface area contributed by atoms with Gasteiger partial charge in [-0.15, -0.1) is 0 Å². The lowest BCUT2D eigenvalue weighted by molar-refractivity contribution is -0.136. The average Bonchev–Trinajstić information content (AvgIpc) is 2.48. The van der Waals surface area contributed by atoms with Gasteiger partial charge < -0.3 is 14.6 Å². The molecule has 0 unspecified atom stereocenters. The predicted molar refractivity (Wildman–Crippen MR) is 82.1 cm³/mol. The van der Waals surface area contributed by atoms with E-state index >= 15 is 0 Å². The summed E-state index contributed by atoms with van der Waals surface area (Å²) in [4.78, 5) is 20.8. The molecule has 0 aliphatic rings. The highest BCUT2D eigenvalue weighted by Gasteiger charge is 2.03. The van der Waals surface area contributed by atoms with Crippen LogP contribution >= 0.6 is 0 Å². The van der Waals surface area contributed by atoms with Crippen LogP contribution in [0.2, 0.25) is 0 Å². The highest BCUT2D eigenvalue weighted by molar-refractivity contribution is 5.70. The summed E-state index contributed by atoms with van der Waals surface area (Å²) in [6.45, 7) is 1.35. The van der Waals surface area contributed by atoms with Crippen LogP contribution in [0.5, 0.6) is 11.5 Å². The van der Waals surface area contributed by atoms with Crippen LogP contribution in [0.15, 0.2) is 54.6 Å². The van der Waals surface area contributed by atoms with Crippen LogP contribution in [0.4, 0.5) is 0 Å². The van der Waals surface area contributed by atoms with E-state index in [4.69, 9.17) is 14.6 Å². The normalized spacial score (nSPS) is 9.18. The zero-order valence-electron chi connectivity index (χ0n) is 12.5. The Morgan fingerprint density at radius 1 is 0.955 bits per heavy atom. The summed E-state index contributed by atoms with van der Waals surface area (Å²) in [6, 6.07) is 16.1. The van der Waals surface area contributed by atoms with Gasteiger partial charge in [-0.3, -0.25) is 9.59 Å². The lowest BCUT2D eigenvalue weighted by Gasteiger charge is -2.05. The SMILES string of the molecule is COc1ccccc1OC(C)=O.O=C(O)Cc1ccccc1. The molecule has 0 saturated heterocycles. The standard InChI is InChI=1S/C9H10O3.C8H8O2/c1-7(10)12-9-6-4-3-5-8(9)11-2;9-8(10)6-7-4-2-1-3-5-7/h3-6H,1-2H3;1-5H,6H2,(H,9,10). The van der Waals surface area contributed by atoms with Crippen molar-refractivity contribution in [3.05, 3.63) is 60.2 Å². The van der Waals surface area contributed by atoms with E-state index in [2.05, 4.69) is 0 Å². The third-order valence-corrected chi connectivity index (χ3v) is 2.52. The minimum Gasteiger partial charge on any atom is -0.493 e. The summed E-state index contributed by atoms with van der Waals surface area (Å²) >= 11 is 0. The zero-order valence-corrected chi connectivity index (χ0v) is 12.5. The lowest BCUT2D eigenvalue weighted by atomic mass is 10.2. The molecular weight excluding hydrogens is 284 g/mol. The minimum absolute atomic E-state index is 0.112. The number of benzene rings is 2. The number of hydrogen-bond acceptors (Lipinski definition) is 4. The maximum absolute atomic E-state index is 10.6. The molecule has 0 aliphatic carbocycles. The van der Waals surface area contributed by atoms with Crippen molar-refractivity contribution in [3.8, 4) is 11.5 Å². The molecule has 2 aromatic carbocycles. The number of hydrogen-bond donors (Lipinski definition) is 1. The number of para-hydroxylation sites is 2. The van der Waals surface area contributed by atoms with Gasteiger partial charge in [0.1, 0.15) is 0 Å². The first-order chi connectivity index (χ1) is 10.5. The van der Waals surface area contributed by atoms with Gasteiger partial charge in [0, 0.05) is 6.92 Å². The van der Waals surface area contributed by atoms with Gasteiger partial charge in [0.2, 0.25) is 0 Å². The average molecular weight is 302 g/mol. The molecule has 5 heteroatoms. The van der Waals surface area contributed by atoms with Crippen LogP contribution in [-0.4, -0.2) is 24.2 Å². The Kier molecular flexibility index (Phi) is 7.19. The molecule has 0 fully saturated rings. The molecule has 0 bridgehead atoms. The molecule has 22 heavy (non-hydrogen) atoms. The van der Waals surface area contributed by atoms with Crippen molar-refractivity contribution in [1.29, 1.82) is 0 Å². The topological polar surface area (TPSA) is 72.8 Å². The van der Waals surface area contributed by atoms with Crippen LogP contribution in [-0.2, 0) is 16.0 Å². The summed E-state index contributed by atoms with van der Waals surface area (Å²) in [7, 11) is 1.53. The first kappa shape index (κ1) is 17.2. The quantitative estimate of drug-likeness (QED) is 0.694. The van der Waals surface area contributed by atoms with Crippen molar-refractivity contribution in [2.45, 2.75) is 13.3 Å². The molecule has 0 spiro atoms. The van der Waals surface area contributed by atoms with E-state index in [1.165, 1.54) is 14.0 Å². The van der Waals surface area contributed by atoms with Crippen molar-refractivity contribution in [2.75, 3.05) is 7.11 Å². The number of carboxylic acid groups (broad SMARTS) is 1. The van der Waals surface area contributed by atoms with Gasteiger partial charge in [-0.05, 0) is 17.7 Å². The fraction of sp³-hybridized carbons (Fsp3) is 0.176. The Balaban J connectivity index is 0.000000224. The van der Waals surface area contributed by atoms with Gasteiger partial charge in [0.25, 0.3) is 0 Å². The maximum atomic E-state index is 10.6. The second-order valence-corrected chi connectivity index (χ2v) is 4.30. The number of carbonyl (C=O) groups excluding carboxylic acids is 1. The second-order valence-electron chi connectivity index (χ2n) is 4.30. The number of esters is 1. The Hall–Kier alpha value is -2.82. The maximum Gasteiger partial charge on any atom is 0.308 e. The first-order valence-corrected chi connectivity index (χ1v) is 6.60. The van der Waals surface area contributed by atoms with Gasteiger partial charge in [0.05, 0.1) is 13.5 Å². The van der Waals surface area contributed by atoms with Gasteiger partial charge in [-0.1, -0.05) is 42.5 Å². The molecule has 5 nitrogen and oxygen atoms in total. The van der Waals surface area contributed by atoms with Gasteiger partial charge in [-0.2, -0.15) is 0 Å². The molecule has 2 aromatic rings. The molecule has 1 N–H and O–H groups in total. The summed E-state index contributed by atoms with van der Waals surface area (Å²) < 4.78 is 9.84. The van der Waals surface area contributed by atoms with Gasteiger partial charge in [0.15, 0.2) is 11.5 Å². The van der Waals surface area contributed by atoms with Crippen LogP contribution < -0.4 is 9.47 Å². The Morgan fingerprint density at radius 2 is 1.50 bits per heavy atom. The van der Waals surface area contributed by atoms with E-state index in [-0.39, 0.29) is 12.4 Å². The van der Waals surface area contributed by atoms with Crippen LogP contribution in [0, 0.1) is 0 Å². The number of aliphatic carboxylic acids is 1. The molecule has 116 valence electrons. The Bertz CT molecular complexity index is 607. The van der Waals surface area contributed by atoms with Crippen LogP contribution in [0.25, 0.3) is 0 Å². The molecule has 0 atom stereocenters. The summed E-state index contributed by atoms with van der Waals surface area (Å²) in [5.74, 6) is -0.120. The van der Waals surface area contributed by atoms with E-state index in [9.17, 15) is 9.59 Å². The molecule has 2 rings (SSSR count).